The first-order valence-electron chi connectivity index (χ1n) is 6.86. The van der Waals surface area contributed by atoms with Gasteiger partial charge < -0.3 is 15.5 Å². The highest BCUT2D eigenvalue weighted by molar-refractivity contribution is 5.85. The number of unbranched alkanes of at least 4 members (excludes halogenated alkanes) is 1. The monoisotopic (exact) mass is 363 g/mol. The Morgan fingerprint density at radius 3 is 2.57 bits per heavy atom. The van der Waals surface area contributed by atoms with Crippen molar-refractivity contribution in [2.24, 2.45) is 5.73 Å². The van der Waals surface area contributed by atoms with Crippen LogP contribution in [-0.2, 0) is 11.2 Å². The number of aromatic nitrogens is 1. The van der Waals surface area contributed by atoms with Crippen LogP contribution in [0.2, 0.25) is 0 Å². The van der Waals surface area contributed by atoms with E-state index < -0.39 is 0 Å². The van der Waals surface area contributed by atoms with E-state index >= 15 is 0 Å². The van der Waals surface area contributed by atoms with Crippen LogP contribution in [0.25, 0.3) is 11.5 Å². The number of nitrogens with one attached hydrogen (secondary N) is 1. The largest absolute Gasteiger partial charge is 0.444 e. The molecule has 1 aromatic heterocycles. The molecule has 8 heteroatoms. The normalized spacial score (nSPS) is 9.65. The predicted molar refractivity (Wildman–Crippen MR) is 91.4 cm³/mol. The highest BCUT2D eigenvalue weighted by atomic mass is 35.5. The second-order valence-corrected chi connectivity index (χ2v) is 4.67. The number of carbonyl (C=O) groups is 1. The molecule has 1 aromatic carbocycles. The number of rotatable bonds is 7. The lowest BCUT2D eigenvalue weighted by atomic mass is 10.2. The summed E-state index contributed by atoms with van der Waals surface area (Å²) < 4.78 is 18.1. The second-order valence-electron chi connectivity index (χ2n) is 4.67. The first kappa shape index (κ1) is 21.4. The lowest BCUT2D eigenvalue weighted by Gasteiger charge is -2.02. The van der Waals surface area contributed by atoms with Gasteiger partial charge in [0.1, 0.15) is 12.1 Å². The summed E-state index contributed by atoms with van der Waals surface area (Å²) in [4.78, 5) is 15.9. The third-order valence-electron chi connectivity index (χ3n) is 2.94. The maximum absolute atomic E-state index is 12.8. The molecule has 2 aromatic rings. The van der Waals surface area contributed by atoms with Crippen LogP contribution in [-0.4, -0.2) is 24.0 Å². The quantitative estimate of drug-likeness (QED) is 0.741. The van der Waals surface area contributed by atoms with Gasteiger partial charge in [0.05, 0.1) is 12.1 Å². The average molecular weight is 364 g/mol. The topological polar surface area (TPSA) is 81.1 Å². The standard InChI is InChI=1S/C15H18FN3O2.2ClH/c16-12-5-3-11(4-6-12)15-19-13(10-21-15)9-14(20)18-8-2-1-7-17;;/h3-6,10H,1-2,7-9,17H2,(H,18,20);2*1H. The Morgan fingerprint density at radius 1 is 1.22 bits per heavy atom. The van der Waals surface area contributed by atoms with Gasteiger partial charge in [0.2, 0.25) is 11.8 Å². The third kappa shape index (κ3) is 6.99. The van der Waals surface area contributed by atoms with Crippen molar-refractivity contribution in [3.63, 3.8) is 0 Å². The zero-order valence-electron chi connectivity index (χ0n) is 12.5. The van der Waals surface area contributed by atoms with Gasteiger partial charge in [-0.2, -0.15) is 0 Å². The van der Waals surface area contributed by atoms with Crippen LogP contribution in [0.15, 0.2) is 34.9 Å². The van der Waals surface area contributed by atoms with E-state index in [2.05, 4.69) is 10.3 Å². The maximum atomic E-state index is 12.8. The zero-order chi connectivity index (χ0) is 15.1. The Bertz CT molecular complexity index is 591. The molecule has 0 radical (unpaired) electrons. The van der Waals surface area contributed by atoms with Crippen LogP contribution < -0.4 is 11.1 Å². The van der Waals surface area contributed by atoms with Gasteiger partial charge in [-0.15, -0.1) is 24.8 Å². The molecule has 0 spiro atoms. The van der Waals surface area contributed by atoms with Crippen LogP contribution in [0.4, 0.5) is 4.39 Å². The summed E-state index contributed by atoms with van der Waals surface area (Å²) in [6.45, 7) is 1.24. The van der Waals surface area contributed by atoms with Crippen molar-refractivity contribution < 1.29 is 13.6 Å². The number of oxazole rings is 1. The molecule has 1 amide bonds. The Labute approximate surface area is 146 Å². The fourth-order valence-electron chi connectivity index (χ4n) is 1.84. The van der Waals surface area contributed by atoms with Gasteiger partial charge in [0, 0.05) is 12.1 Å². The van der Waals surface area contributed by atoms with E-state index in [1.54, 1.807) is 12.1 Å². The number of halogens is 3. The fourth-order valence-corrected chi connectivity index (χ4v) is 1.84. The molecule has 0 unspecified atom stereocenters. The summed E-state index contributed by atoms with van der Waals surface area (Å²) in [7, 11) is 0. The number of hydrogen-bond acceptors (Lipinski definition) is 4. The molecule has 0 saturated heterocycles. The average Bonchev–Trinajstić information content (AvgIpc) is 2.93. The molecule has 0 aliphatic carbocycles. The molecule has 128 valence electrons. The van der Waals surface area contributed by atoms with Crippen molar-refractivity contribution >= 4 is 30.7 Å². The van der Waals surface area contributed by atoms with E-state index in [1.807, 2.05) is 0 Å². The zero-order valence-corrected chi connectivity index (χ0v) is 14.1. The van der Waals surface area contributed by atoms with Gasteiger partial charge in [0.15, 0.2) is 0 Å². The molecule has 1 heterocycles. The van der Waals surface area contributed by atoms with Crippen LogP contribution in [0.1, 0.15) is 18.5 Å². The van der Waals surface area contributed by atoms with Crippen LogP contribution in [0, 0.1) is 5.82 Å². The SMILES string of the molecule is Cl.Cl.NCCCCNC(=O)Cc1coc(-c2ccc(F)cc2)n1. The van der Waals surface area contributed by atoms with E-state index in [0.717, 1.165) is 12.8 Å². The van der Waals surface area contributed by atoms with Crippen molar-refractivity contribution in [3.8, 4) is 11.5 Å². The van der Waals surface area contributed by atoms with Gasteiger partial charge in [-0.1, -0.05) is 0 Å². The maximum Gasteiger partial charge on any atom is 0.226 e. The number of nitrogens with two attached hydrogens (primary N) is 1. The molecule has 0 saturated carbocycles. The molecule has 3 N–H and O–H groups in total. The number of amides is 1. The first-order chi connectivity index (χ1) is 10.2. The smallest absolute Gasteiger partial charge is 0.226 e. The van der Waals surface area contributed by atoms with Gasteiger partial charge in [-0.25, -0.2) is 9.37 Å². The summed E-state index contributed by atoms with van der Waals surface area (Å²) in [5, 5.41) is 2.80. The predicted octanol–water partition coefficient (Wildman–Crippen LogP) is 2.72. The Kier molecular flexibility index (Phi) is 10.2. The number of hydrogen-bond donors (Lipinski definition) is 2. The van der Waals surface area contributed by atoms with Gasteiger partial charge in [-0.05, 0) is 43.7 Å². The third-order valence-corrected chi connectivity index (χ3v) is 2.94. The Hall–Kier alpha value is -1.63. The van der Waals surface area contributed by atoms with E-state index in [-0.39, 0.29) is 43.0 Å². The molecule has 0 fully saturated rings. The first-order valence-corrected chi connectivity index (χ1v) is 6.86. The minimum atomic E-state index is -0.317. The van der Waals surface area contributed by atoms with Crippen LogP contribution in [0.5, 0.6) is 0 Å². The second kappa shape index (κ2) is 11.0. The minimum absolute atomic E-state index is 0. The summed E-state index contributed by atoms with van der Waals surface area (Å²) in [6.07, 6.45) is 3.35. The van der Waals surface area contributed by atoms with Gasteiger partial charge in [0.25, 0.3) is 0 Å². The molecular weight excluding hydrogens is 344 g/mol. The molecule has 0 bridgehead atoms. The number of carbonyl (C=O) groups excluding carboxylic acids is 1. The molecule has 0 aliphatic rings. The van der Waals surface area contributed by atoms with Crippen LogP contribution >= 0.6 is 24.8 Å². The Morgan fingerprint density at radius 2 is 1.91 bits per heavy atom. The highest BCUT2D eigenvalue weighted by Gasteiger charge is 2.10. The van der Waals surface area contributed by atoms with Gasteiger partial charge >= 0.3 is 0 Å². The van der Waals surface area contributed by atoms with Crippen molar-refractivity contribution in [2.75, 3.05) is 13.1 Å². The molecule has 23 heavy (non-hydrogen) atoms. The summed E-state index contributed by atoms with van der Waals surface area (Å²) in [5.41, 5.74) is 6.60. The summed E-state index contributed by atoms with van der Waals surface area (Å²) in [6, 6.07) is 5.84. The van der Waals surface area contributed by atoms with E-state index in [1.165, 1.54) is 18.4 Å². The lowest BCUT2D eigenvalue weighted by Crippen LogP contribution is -2.26. The fraction of sp³-hybridized carbons (Fsp3) is 0.333. The summed E-state index contributed by atoms with van der Waals surface area (Å²) in [5.74, 6) is -0.0469. The van der Waals surface area contributed by atoms with E-state index in [0.29, 0.717) is 30.2 Å². The molecule has 0 atom stereocenters. The molecule has 0 aliphatic heterocycles. The molecule has 5 nitrogen and oxygen atoms in total. The summed E-state index contributed by atoms with van der Waals surface area (Å²) >= 11 is 0. The molecule has 2 rings (SSSR count). The van der Waals surface area contributed by atoms with E-state index in [9.17, 15) is 9.18 Å². The van der Waals surface area contributed by atoms with Crippen molar-refractivity contribution in [3.05, 3.63) is 42.0 Å². The molecular formula is C15H20Cl2FN3O2. The van der Waals surface area contributed by atoms with Crippen molar-refractivity contribution in [1.82, 2.24) is 10.3 Å². The van der Waals surface area contributed by atoms with Crippen molar-refractivity contribution in [2.45, 2.75) is 19.3 Å². The number of nitrogens with zero attached hydrogens (tertiary/aromatic N) is 1. The Balaban J connectivity index is 0.00000242. The van der Waals surface area contributed by atoms with E-state index in [4.69, 9.17) is 10.2 Å². The minimum Gasteiger partial charge on any atom is -0.444 e. The lowest BCUT2D eigenvalue weighted by molar-refractivity contribution is -0.120. The van der Waals surface area contributed by atoms with Crippen molar-refractivity contribution in [1.29, 1.82) is 0 Å². The van der Waals surface area contributed by atoms with Gasteiger partial charge in [-0.3, -0.25) is 4.79 Å². The highest BCUT2D eigenvalue weighted by Crippen LogP contribution is 2.19. The van der Waals surface area contributed by atoms with Crippen LogP contribution in [0.3, 0.4) is 0 Å². The number of benzene rings is 1.